The molecule has 2 aromatic heterocycles. The minimum absolute atomic E-state index is 0.200. The lowest BCUT2D eigenvalue weighted by Gasteiger charge is -2.17. The first-order chi connectivity index (χ1) is 13.5. The van der Waals surface area contributed by atoms with Gasteiger partial charge in [-0.1, -0.05) is 18.2 Å². The van der Waals surface area contributed by atoms with Gasteiger partial charge in [-0.3, -0.25) is 9.59 Å². The highest BCUT2D eigenvalue weighted by Crippen LogP contribution is 2.22. The molecule has 146 valence electrons. The lowest BCUT2D eigenvalue weighted by atomic mass is 10.1. The average molecular weight is 398 g/mol. The fourth-order valence-electron chi connectivity index (χ4n) is 2.69. The van der Waals surface area contributed by atoms with Gasteiger partial charge < -0.3 is 10.1 Å². The fraction of sp³-hybridized carbons (Fsp3) is 0.286. The Morgan fingerprint density at radius 1 is 1.21 bits per heavy atom. The number of nitrogens with zero attached hydrogens (tertiary/aromatic N) is 2. The van der Waals surface area contributed by atoms with Crippen LogP contribution in [0, 0.1) is 13.8 Å². The van der Waals surface area contributed by atoms with E-state index in [1.807, 2.05) is 49.6 Å². The first kappa shape index (κ1) is 19.8. The number of aromatic nitrogens is 2. The summed E-state index contributed by atoms with van der Waals surface area (Å²) in [4.78, 5) is 25.4. The molecular weight excluding hydrogens is 374 g/mol. The summed E-state index contributed by atoms with van der Waals surface area (Å²) < 4.78 is 7.15. The zero-order chi connectivity index (χ0) is 20.1. The van der Waals surface area contributed by atoms with E-state index in [0.29, 0.717) is 18.8 Å². The monoisotopic (exact) mass is 397 g/mol. The number of ether oxygens (including phenoxy) is 1. The molecule has 1 unspecified atom stereocenters. The van der Waals surface area contributed by atoms with Crippen molar-refractivity contribution in [1.29, 1.82) is 0 Å². The Balaban J connectivity index is 1.57. The van der Waals surface area contributed by atoms with E-state index < -0.39 is 6.10 Å². The Kier molecular flexibility index (Phi) is 6.26. The molecule has 0 saturated heterocycles. The van der Waals surface area contributed by atoms with Crippen LogP contribution in [-0.4, -0.2) is 28.3 Å². The maximum Gasteiger partial charge on any atom is 0.266 e. The zero-order valence-electron chi connectivity index (χ0n) is 16.1. The molecule has 0 saturated carbocycles. The quantitative estimate of drug-likeness (QED) is 0.665. The van der Waals surface area contributed by atoms with Crippen molar-refractivity contribution in [2.45, 2.75) is 33.4 Å². The Morgan fingerprint density at radius 2 is 2.04 bits per heavy atom. The van der Waals surface area contributed by atoms with E-state index in [-0.39, 0.29) is 11.5 Å². The third kappa shape index (κ3) is 4.67. The number of hydrogen-bond acceptors (Lipinski definition) is 5. The van der Waals surface area contributed by atoms with Crippen molar-refractivity contribution in [1.82, 2.24) is 15.1 Å². The van der Waals surface area contributed by atoms with Crippen molar-refractivity contribution >= 4 is 17.2 Å². The molecule has 3 rings (SSSR count). The lowest BCUT2D eigenvalue weighted by molar-refractivity contribution is -0.127. The minimum atomic E-state index is -0.636. The number of carbonyl (C=O) groups is 1. The number of carbonyl (C=O) groups excluding carboxylic acids is 1. The SMILES string of the molecule is Cc1cccc(OC(C)C(=O)NCCn2nc(-c3cccs3)ccc2=O)c1C. The van der Waals surface area contributed by atoms with E-state index in [4.69, 9.17) is 4.74 Å². The second kappa shape index (κ2) is 8.84. The molecule has 0 radical (unpaired) electrons. The molecule has 0 aliphatic carbocycles. The number of aryl methyl sites for hydroxylation is 1. The smallest absolute Gasteiger partial charge is 0.266 e. The number of rotatable bonds is 7. The van der Waals surface area contributed by atoms with Gasteiger partial charge in [-0.2, -0.15) is 5.10 Å². The van der Waals surface area contributed by atoms with Crippen molar-refractivity contribution in [3.63, 3.8) is 0 Å². The van der Waals surface area contributed by atoms with E-state index >= 15 is 0 Å². The Hall–Kier alpha value is -2.93. The van der Waals surface area contributed by atoms with Gasteiger partial charge in [0, 0.05) is 12.6 Å². The molecule has 0 fully saturated rings. The summed E-state index contributed by atoms with van der Waals surface area (Å²) in [6.45, 7) is 6.26. The molecule has 0 aliphatic heterocycles. The highest BCUT2D eigenvalue weighted by atomic mass is 32.1. The number of nitrogens with one attached hydrogen (secondary N) is 1. The summed E-state index contributed by atoms with van der Waals surface area (Å²) in [5.74, 6) is 0.465. The molecule has 6 nitrogen and oxygen atoms in total. The van der Waals surface area contributed by atoms with Crippen LogP contribution in [0.15, 0.2) is 52.6 Å². The van der Waals surface area contributed by atoms with Crippen LogP contribution in [0.5, 0.6) is 5.75 Å². The molecule has 1 aromatic carbocycles. The van der Waals surface area contributed by atoms with Gasteiger partial charge in [-0.05, 0) is 55.5 Å². The van der Waals surface area contributed by atoms with Crippen LogP contribution in [0.4, 0.5) is 0 Å². The fourth-order valence-corrected chi connectivity index (χ4v) is 3.38. The van der Waals surface area contributed by atoms with Crippen molar-refractivity contribution < 1.29 is 9.53 Å². The summed E-state index contributed by atoms with van der Waals surface area (Å²) in [6, 6.07) is 12.9. The van der Waals surface area contributed by atoms with E-state index in [2.05, 4.69) is 10.4 Å². The van der Waals surface area contributed by atoms with Crippen molar-refractivity contribution in [2.75, 3.05) is 6.54 Å². The summed E-state index contributed by atoms with van der Waals surface area (Å²) in [6.07, 6.45) is -0.636. The third-order valence-electron chi connectivity index (χ3n) is 4.49. The summed E-state index contributed by atoms with van der Waals surface area (Å²) in [5.41, 5.74) is 2.67. The summed E-state index contributed by atoms with van der Waals surface area (Å²) >= 11 is 1.56. The van der Waals surface area contributed by atoms with Crippen LogP contribution >= 0.6 is 11.3 Å². The molecule has 1 atom stereocenters. The molecule has 3 aromatic rings. The maximum absolute atomic E-state index is 12.3. The molecule has 28 heavy (non-hydrogen) atoms. The van der Waals surface area contributed by atoms with E-state index in [0.717, 1.165) is 21.7 Å². The predicted molar refractivity (Wildman–Crippen MR) is 111 cm³/mol. The van der Waals surface area contributed by atoms with Crippen molar-refractivity contribution in [2.24, 2.45) is 0 Å². The topological polar surface area (TPSA) is 73.2 Å². The van der Waals surface area contributed by atoms with Crippen molar-refractivity contribution in [3.05, 3.63) is 69.3 Å². The lowest BCUT2D eigenvalue weighted by Crippen LogP contribution is -2.39. The molecule has 1 N–H and O–H groups in total. The largest absolute Gasteiger partial charge is 0.481 e. The van der Waals surface area contributed by atoms with Gasteiger partial charge in [0.15, 0.2) is 6.10 Å². The predicted octanol–water partition coefficient (Wildman–Crippen LogP) is 3.17. The second-order valence-corrected chi connectivity index (χ2v) is 7.45. The summed E-state index contributed by atoms with van der Waals surface area (Å²) in [7, 11) is 0. The molecule has 2 heterocycles. The Bertz CT molecular complexity index is 1010. The number of benzene rings is 1. The maximum atomic E-state index is 12.3. The molecular formula is C21H23N3O3S. The molecule has 0 bridgehead atoms. The number of thiophene rings is 1. The van der Waals surface area contributed by atoms with Crippen LogP contribution in [0.1, 0.15) is 18.1 Å². The third-order valence-corrected chi connectivity index (χ3v) is 5.38. The van der Waals surface area contributed by atoms with Gasteiger partial charge in [0.25, 0.3) is 11.5 Å². The molecule has 0 aliphatic rings. The molecule has 1 amide bonds. The average Bonchev–Trinajstić information content (AvgIpc) is 3.21. The first-order valence-corrected chi connectivity index (χ1v) is 9.96. The van der Waals surface area contributed by atoms with Crippen LogP contribution in [0.2, 0.25) is 0 Å². The number of hydrogen-bond donors (Lipinski definition) is 1. The van der Waals surface area contributed by atoms with E-state index in [1.54, 1.807) is 24.3 Å². The first-order valence-electron chi connectivity index (χ1n) is 9.08. The van der Waals surface area contributed by atoms with E-state index in [1.165, 1.54) is 10.7 Å². The Morgan fingerprint density at radius 3 is 2.79 bits per heavy atom. The van der Waals surface area contributed by atoms with Crippen LogP contribution in [-0.2, 0) is 11.3 Å². The zero-order valence-corrected chi connectivity index (χ0v) is 17.0. The number of amides is 1. The van der Waals surface area contributed by atoms with Crippen LogP contribution in [0.25, 0.3) is 10.6 Å². The van der Waals surface area contributed by atoms with Crippen LogP contribution < -0.4 is 15.6 Å². The highest BCUT2D eigenvalue weighted by molar-refractivity contribution is 7.13. The minimum Gasteiger partial charge on any atom is -0.481 e. The summed E-state index contributed by atoms with van der Waals surface area (Å²) in [5, 5.41) is 9.15. The van der Waals surface area contributed by atoms with Gasteiger partial charge >= 0.3 is 0 Å². The van der Waals surface area contributed by atoms with Gasteiger partial charge in [0.1, 0.15) is 11.4 Å². The van der Waals surface area contributed by atoms with Gasteiger partial charge in [0.2, 0.25) is 0 Å². The second-order valence-electron chi connectivity index (χ2n) is 6.51. The standard InChI is InChI=1S/C21H23N3O3S/c1-14-6-4-7-18(15(14)2)27-16(3)21(26)22-11-12-24-20(25)10-9-17(23-24)19-8-5-13-28-19/h4-10,13,16H,11-12H2,1-3H3,(H,22,26). The Labute approximate surface area is 167 Å². The molecule has 7 heteroatoms. The highest BCUT2D eigenvalue weighted by Gasteiger charge is 2.15. The van der Waals surface area contributed by atoms with Gasteiger partial charge in [-0.15, -0.1) is 11.3 Å². The van der Waals surface area contributed by atoms with Crippen molar-refractivity contribution in [3.8, 4) is 16.3 Å². The van der Waals surface area contributed by atoms with E-state index in [9.17, 15) is 9.59 Å². The normalized spacial score (nSPS) is 11.8. The van der Waals surface area contributed by atoms with Gasteiger partial charge in [0.05, 0.1) is 11.4 Å². The van der Waals surface area contributed by atoms with Crippen LogP contribution in [0.3, 0.4) is 0 Å². The van der Waals surface area contributed by atoms with Gasteiger partial charge in [-0.25, -0.2) is 4.68 Å². The molecule has 0 spiro atoms.